The van der Waals surface area contributed by atoms with Crippen LogP contribution in [0.5, 0.6) is 0 Å². The van der Waals surface area contributed by atoms with Crippen LogP contribution >= 0.6 is 0 Å². The van der Waals surface area contributed by atoms with Gasteiger partial charge in [-0.3, -0.25) is 4.79 Å². The molecule has 5 heteroatoms. The average molecular weight is 236 g/mol. The molecule has 0 aliphatic carbocycles. The van der Waals surface area contributed by atoms with E-state index < -0.39 is 0 Å². The molecule has 90 valence electrons. The standard InChI is InChI=1S/C12H13FN2O2/c1-17-6-5-14-12(16)11-7-8-9(13)3-2-4-10(8)15-11/h2-4,7,15H,5-6H2,1H3,(H,14,16). The number of carbonyl (C=O) groups is 1. The molecule has 17 heavy (non-hydrogen) atoms. The fourth-order valence-electron chi connectivity index (χ4n) is 1.60. The number of carbonyl (C=O) groups excluding carboxylic acids is 1. The molecular weight excluding hydrogens is 223 g/mol. The van der Waals surface area contributed by atoms with Crippen LogP contribution in [0.4, 0.5) is 4.39 Å². The van der Waals surface area contributed by atoms with Crippen LogP contribution in [0.15, 0.2) is 24.3 Å². The molecule has 0 spiro atoms. The van der Waals surface area contributed by atoms with Gasteiger partial charge in [0.05, 0.1) is 6.61 Å². The van der Waals surface area contributed by atoms with Gasteiger partial charge in [0, 0.05) is 24.6 Å². The van der Waals surface area contributed by atoms with Crippen molar-refractivity contribution in [3.63, 3.8) is 0 Å². The summed E-state index contributed by atoms with van der Waals surface area (Å²) in [6.07, 6.45) is 0. The minimum Gasteiger partial charge on any atom is -0.383 e. The Morgan fingerprint density at radius 2 is 2.35 bits per heavy atom. The molecule has 2 rings (SSSR count). The van der Waals surface area contributed by atoms with E-state index in [1.807, 2.05) is 0 Å². The van der Waals surface area contributed by atoms with Crippen molar-refractivity contribution in [2.45, 2.75) is 0 Å². The minimum absolute atomic E-state index is 0.266. The van der Waals surface area contributed by atoms with Crippen LogP contribution in [0.3, 0.4) is 0 Å². The molecule has 0 aliphatic heterocycles. The number of nitrogens with one attached hydrogen (secondary N) is 2. The van der Waals surface area contributed by atoms with E-state index in [0.29, 0.717) is 29.7 Å². The lowest BCUT2D eigenvalue weighted by Gasteiger charge is -2.01. The van der Waals surface area contributed by atoms with E-state index in [0.717, 1.165) is 0 Å². The van der Waals surface area contributed by atoms with Gasteiger partial charge in [-0.25, -0.2) is 4.39 Å². The summed E-state index contributed by atoms with van der Waals surface area (Å²) in [5.41, 5.74) is 0.961. The van der Waals surface area contributed by atoms with Gasteiger partial charge in [0.25, 0.3) is 5.91 Å². The summed E-state index contributed by atoms with van der Waals surface area (Å²) in [6, 6.07) is 6.20. The fraction of sp³-hybridized carbons (Fsp3) is 0.250. The van der Waals surface area contributed by atoms with Crippen LogP contribution in [0.2, 0.25) is 0 Å². The molecule has 0 atom stereocenters. The smallest absolute Gasteiger partial charge is 0.267 e. The largest absolute Gasteiger partial charge is 0.383 e. The van der Waals surface area contributed by atoms with Crippen LogP contribution in [0.1, 0.15) is 10.5 Å². The number of aromatic nitrogens is 1. The lowest BCUT2D eigenvalue weighted by Crippen LogP contribution is -2.27. The molecule has 1 aromatic carbocycles. The number of amides is 1. The lowest BCUT2D eigenvalue weighted by atomic mass is 10.2. The number of hydrogen-bond donors (Lipinski definition) is 2. The number of ether oxygens (including phenoxy) is 1. The fourth-order valence-corrected chi connectivity index (χ4v) is 1.60. The van der Waals surface area contributed by atoms with Gasteiger partial charge in [-0.2, -0.15) is 0 Å². The van der Waals surface area contributed by atoms with Crippen LogP contribution in [-0.4, -0.2) is 31.2 Å². The quantitative estimate of drug-likeness (QED) is 0.793. The summed E-state index contributed by atoms with van der Waals surface area (Å²) in [7, 11) is 1.56. The molecule has 2 aromatic rings. The van der Waals surface area contributed by atoms with Crippen molar-refractivity contribution in [1.29, 1.82) is 0 Å². The first kappa shape index (κ1) is 11.6. The Kier molecular flexibility index (Phi) is 3.39. The van der Waals surface area contributed by atoms with Gasteiger partial charge in [0.15, 0.2) is 0 Å². The summed E-state index contributed by atoms with van der Waals surface area (Å²) in [5.74, 6) is -0.604. The first-order chi connectivity index (χ1) is 8.22. The number of methoxy groups -OCH3 is 1. The second-order valence-corrected chi connectivity index (χ2v) is 3.63. The van der Waals surface area contributed by atoms with Crippen molar-refractivity contribution in [3.8, 4) is 0 Å². The zero-order chi connectivity index (χ0) is 12.3. The Hall–Kier alpha value is -1.88. The summed E-state index contributed by atoms with van der Waals surface area (Å²) in [4.78, 5) is 14.6. The van der Waals surface area contributed by atoms with E-state index in [4.69, 9.17) is 4.74 Å². The van der Waals surface area contributed by atoms with E-state index in [9.17, 15) is 9.18 Å². The Labute approximate surface area is 97.8 Å². The number of aromatic amines is 1. The van der Waals surface area contributed by atoms with Crippen molar-refractivity contribution in [2.75, 3.05) is 20.3 Å². The van der Waals surface area contributed by atoms with Crippen molar-refractivity contribution in [1.82, 2.24) is 10.3 Å². The Bertz CT molecular complexity index is 536. The van der Waals surface area contributed by atoms with E-state index >= 15 is 0 Å². The number of rotatable bonds is 4. The molecule has 0 aliphatic rings. The maximum atomic E-state index is 13.4. The summed E-state index contributed by atoms with van der Waals surface area (Å²) in [5, 5.41) is 3.08. The van der Waals surface area contributed by atoms with Crippen molar-refractivity contribution < 1.29 is 13.9 Å². The van der Waals surface area contributed by atoms with Gasteiger partial charge in [-0.15, -0.1) is 0 Å². The summed E-state index contributed by atoms with van der Waals surface area (Å²) in [6.45, 7) is 0.869. The molecule has 0 saturated carbocycles. The van der Waals surface area contributed by atoms with Crippen molar-refractivity contribution in [3.05, 3.63) is 35.8 Å². The highest BCUT2D eigenvalue weighted by atomic mass is 19.1. The maximum Gasteiger partial charge on any atom is 0.267 e. The highest BCUT2D eigenvalue weighted by Crippen LogP contribution is 2.18. The van der Waals surface area contributed by atoms with Crippen LogP contribution in [0.25, 0.3) is 10.9 Å². The van der Waals surface area contributed by atoms with Gasteiger partial charge in [-0.05, 0) is 18.2 Å². The first-order valence-electron chi connectivity index (χ1n) is 5.26. The molecule has 0 saturated heterocycles. The number of fused-ring (bicyclic) bond motifs is 1. The molecule has 1 aromatic heterocycles. The van der Waals surface area contributed by atoms with E-state index in [-0.39, 0.29) is 11.7 Å². The van der Waals surface area contributed by atoms with Gasteiger partial charge >= 0.3 is 0 Å². The van der Waals surface area contributed by atoms with Crippen LogP contribution in [0, 0.1) is 5.82 Å². The Morgan fingerprint density at radius 1 is 1.53 bits per heavy atom. The molecular formula is C12H13FN2O2. The number of halogens is 1. The highest BCUT2D eigenvalue weighted by molar-refractivity contribution is 5.98. The predicted molar refractivity (Wildman–Crippen MR) is 62.5 cm³/mol. The van der Waals surface area contributed by atoms with Gasteiger partial charge in [0.2, 0.25) is 0 Å². The summed E-state index contributed by atoms with van der Waals surface area (Å²) >= 11 is 0. The second kappa shape index (κ2) is 4.97. The minimum atomic E-state index is -0.338. The first-order valence-corrected chi connectivity index (χ1v) is 5.26. The molecule has 1 amide bonds. The van der Waals surface area contributed by atoms with Crippen molar-refractivity contribution in [2.24, 2.45) is 0 Å². The van der Waals surface area contributed by atoms with Gasteiger partial charge < -0.3 is 15.0 Å². The third kappa shape index (κ3) is 2.45. The molecule has 0 bridgehead atoms. The van der Waals surface area contributed by atoms with Gasteiger partial charge in [-0.1, -0.05) is 6.07 Å². The SMILES string of the molecule is COCCNC(=O)c1cc2c(F)cccc2[nH]1. The third-order valence-corrected chi connectivity index (χ3v) is 2.45. The molecule has 0 radical (unpaired) electrons. The third-order valence-electron chi connectivity index (χ3n) is 2.45. The monoisotopic (exact) mass is 236 g/mol. The zero-order valence-corrected chi connectivity index (χ0v) is 9.42. The number of hydrogen-bond acceptors (Lipinski definition) is 2. The lowest BCUT2D eigenvalue weighted by molar-refractivity contribution is 0.0933. The Morgan fingerprint density at radius 3 is 3.06 bits per heavy atom. The topological polar surface area (TPSA) is 54.1 Å². The zero-order valence-electron chi connectivity index (χ0n) is 9.42. The maximum absolute atomic E-state index is 13.4. The molecule has 0 fully saturated rings. The predicted octanol–water partition coefficient (Wildman–Crippen LogP) is 1.68. The van der Waals surface area contributed by atoms with E-state index in [1.54, 1.807) is 19.2 Å². The van der Waals surface area contributed by atoms with Crippen molar-refractivity contribution >= 4 is 16.8 Å². The number of H-pyrrole nitrogens is 1. The van der Waals surface area contributed by atoms with E-state index in [1.165, 1.54) is 12.1 Å². The normalized spacial score (nSPS) is 10.7. The van der Waals surface area contributed by atoms with E-state index in [2.05, 4.69) is 10.3 Å². The molecule has 1 heterocycles. The van der Waals surface area contributed by atoms with Crippen LogP contribution < -0.4 is 5.32 Å². The highest BCUT2D eigenvalue weighted by Gasteiger charge is 2.10. The average Bonchev–Trinajstić information content (AvgIpc) is 2.75. The number of benzene rings is 1. The molecule has 4 nitrogen and oxygen atoms in total. The molecule has 0 unspecified atom stereocenters. The molecule has 2 N–H and O–H groups in total. The second-order valence-electron chi connectivity index (χ2n) is 3.63. The van der Waals surface area contributed by atoms with Crippen LogP contribution in [-0.2, 0) is 4.74 Å². The Balaban J connectivity index is 2.19. The van der Waals surface area contributed by atoms with Gasteiger partial charge in [0.1, 0.15) is 11.5 Å². The summed E-state index contributed by atoms with van der Waals surface area (Å²) < 4.78 is 18.2.